The number of piperidine rings is 1. The molecule has 10 heteroatoms. The van der Waals surface area contributed by atoms with Crippen molar-refractivity contribution >= 4 is 40.1 Å². The summed E-state index contributed by atoms with van der Waals surface area (Å²) < 4.78 is 17.9. The second-order valence-electron chi connectivity index (χ2n) is 10.6. The first-order valence-electron chi connectivity index (χ1n) is 13.2. The zero-order valence-electron chi connectivity index (χ0n) is 22.8. The molecule has 0 spiro atoms. The maximum Gasteiger partial charge on any atom is 0.410 e. The monoisotopic (exact) mass is 561 g/mol. The standard InChI is InChI=1S/C30H32ClN5O4/c1-30(2,3)40-29(37)36-15-7-9-22(17-36)39-26-11-6-10-24-27(26)28(34-19-33-24)35-20-12-13-25(23(31)16-20)38-18-21-8-4-5-14-32-21/h4-6,8,10-14,16,19,22H,7,9,15,17-18H2,1-3H3,(H,33,34,35)/t22-/m1/s1. The number of nitrogens with zero attached hydrogens (tertiary/aromatic N) is 4. The van der Waals surface area contributed by atoms with Gasteiger partial charge in [0.1, 0.15) is 42.0 Å². The van der Waals surface area contributed by atoms with Crippen molar-refractivity contribution in [3.8, 4) is 11.5 Å². The number of amides is 1. The Labute approximate surface area is 238 Å². The van der Waals surface area contributed by atoms with Crippen LogP contribution in [0.15, 0.2) is 67.1 Å². The molecule has 1 aliphatic rings. The third-order valence-corrected chi connectivity index (χ3v) is 6.54. The van der Waals surface area contributed by atoms with E-state index in [1.54, 1.807) is 17.2 Å². The first kappa shape index (κ1) is 27.5. The lowest BCUT2D eigenvalue weighted by Gasteiger charge is -2.34. The molecule has 9 nitrogen and oxygen atoms in total. The largest absolute Gasteiger partial charge is 0.488 e. The number of likely N-dealkylation sites (tertiary alicyclic amines) is 1. The molecule has 4 aromatic rings. The van der Waals surface area contributed by atoms with Gasteiger partial charge in [0.15, 0.2) is 0 Å². The molecule has 1 N–H and O–H groups in total. The summed E-state index contributed by atoms with van der Waals surface area (Å²) in [5, 5.41) is 4.55. The van der Waals surface area contributed by atoms with Crippen molar-refractivity contribution in [2.24, 2.45) is 0 Å². The molecule has 1 aliphatic heterocycles. The summed E-state index contributed by atoms with van der Waals surface area (Å²) in [6.45, 7) is 6.99. The number of anilines is 2. The van der Waals surface area contributed by atoms with Crippen molar-refractivity contribution in [1.29, 1.82) is 0 Å². The van der Waals surface area contributed by atoms with E-state index in [1.807, 2.05) is 69.3 Å². The maximum absolute atomic E-state index is 12.6. The van der Waals surface area contributed by atoms with Crippen LogP contribution in [0.1, 0.15) is 39.3 Å². The Hall–Kier alpha value is -4.11. The predicted octanol–water partition coefficient (Wildman–Crippen LogP) is 6.78. The molecule has 1 fully saturated rings. The van der Waals surface area contributed by atoms with Crippen LogP contribution in [0.4, 0.5) is 16.3 Å². The Morgan fingerprint density at radius 2 is 1.95 bits per heavy atom. The fourth-order valence-corrected chi connectivity index (χ4v) is 4.68. The van der Waals surface area contributed by atoms with Gasteiger partial charge in [0.25, 0.3) is 0 Å². The maximum atomic E-state index is 12.6. The molecule has 208 valence electrons. The highest BCUT2D eigenvalue weighted by Gasteiger charge is 2.29. The Kier molecular flexibility index (Phi) is 8.21. The summed E-state index contributed by atoms with van der Waals surface area (Å²) in [7, 11) is 0. The average molecular weight is 562 g/mol. The van der Waals surface area contributed by atoms with Crippen LogP contribution in [-0.4, -0.2) is 50.7 Å². The van der Waals surface area contributed by atoms with Gasteiger partial charge in [-0.05, 0) is 76.1 Å². The molecule has 5 rings (SSSR count). The molecule has 1 amide bonds. The van der Waals surface area contributed by atoms with Gasteiger partial charge in [-0.15, -0.1) is 0 Å². The summed E-state index contributed by atoms with van der Waals surface area (Å²) in [5.74, 6) is 1.78. The fourth-order valence-electron chi connectivity index (χ4n) is 4.45. The highest BCUT2D eigenvalue weighted by Crippen LogP contribution is 2.35. The lowest BCUT2D eigenvalue weighted by atomic mass is 10.1. The number of hydrogen-bond donors (Lipinski definition) is 1. The number of pyridine rings is 1. The van der Waals surface area contributed by atoms with Gasteiger partial charge in [-0.25, -0.2) is 14.8 Å². The van der Waals surface area contributed by atoms with Crippen LogP contribution in [0, 0.1) is 0 Å². The van der Waals surface area contributed by atoms with Crippen LogP contribution in [0.3, 0.4) is 0 Å². The Balaban J connectivity index is 1.32. The van der Waals surface area contributed by atoms with E-state index < -0.39 is 5.60 Å². The van der Waals surface area contributed by atoms with Gasteiger partial charge >= 0.3 is 6.09 Å². The molecular formula is C30H32ClN5O4. The molecule has 3 heterocycles. The molecule has 0 bridgehead atoms. The number of aromatic nitrogens is 3. The van der Waals surface area contributed by atoms with E-state index in [4.69, 9.17) is 25.8 Å². The van der Waals surface area contributed by atoms with Crippen molar-refractivity contribution in [1.82, 2.24) is 19.9 Å². The van der Waals surface area contributed by atoms with Crippen molar-refractivity contribution in [2.75, 3.05) is 18.4 Å². The summed E-state index contributed by atoms with van der Waals surface area (Å²) >= 11 is 6.53. The number of halogens is 1. The second kappa shape index (κ2) is 12.0. The molecule has 0 saturated carbocycles. The SMILES string of the molecule is CC(C)(C)OC(=O)N1CCC[C@@H](Oc2cccc3ncnc(Nc4ccc(OCc5ccccn5)c(Cl)c4)c23)C1. The highest BCUT2D eigenvalue weighted by molar-refractivity contribution is 6.32. The molecule has 0 aliphatic carbocycles. The molecule has 40 heavy (non-hydrogen) atoms. The predicted molar refractivity (Wildman–Crippen MR) is 154 cm³/mol. The van der Waals surface area contributed by atoms with Crippen LogP contribution in [0.2, 0.25) is 5.02 Å². The van der Waals surface area contributed by atoms with Crippen LogP contribution in [0.25, 0.3) is 10.9 Å². The van der Waals surface area contributed by atoms with Crippen LogP contribution < -0.4 is 14.8 Å². The van der Waals surface area contributed by atoms with Gasteiger partial charge in [0.05, 0.1) is 28.2 Å². The zero-order valence-corrected chi connectivity index (χ0v) is 23.5. The smallest absolute Gasteiger partial charge is 0.410 e. The van der Waals surface area contributed by atoms with Crippen molar-refractivity contribution in [3.63, 3.8) is 0 Å². The van der Waals surface area contributed by atoms with Crippen molar-refractivity contribution in [3.05, 3.63) is 77.8 Å². The van der Waals surface area contributed by atoms with Crippen molar-refractivity contribution in [2.45, 2.75) is 51.9 Å². The third-order valence-electron chi connectivity index (χ3n) is 6.24. The first-order chi connectivity index (χ1) is 19.2. The van der Waals surface area contributed by atoms with Crippen LogP contribution >= 0.6 is 11.6 Å². The van der Waals surface area contributed by atoms with E-state index >= 15 is 0 Å². The van der Waals surface area contributed by atoms with Gasteiger partial charge in [0.2, 0.25) is 0 Å². The molecule has 1 saturated heterocycles. The van der Waals surface area contributed by atoms with Crippen LogP contribution in [-0.2, 0) is 11.3 Å². The number of ether oxygens (including phenoxy) is 3. The number of fused-ring (bicyclic) bond motifs is 1. The highest BCUT2D eigenvalue weighted by atomic mass is 35.5. The summed E-state index contributed by atoms with van der Waals surface area (Å²) in [6.07, 6.45) is 4.36. The van der Waals surface area contributed by atoms with Crippen LogP contribution in [0.5, 0.6) is 11.5 Å². The summed E-state index contributed by atoms with van der Waals surface area (Å²) in [5.41, 5.74) is 1.73. The topological polar surface area (TPSA) is 98.7 Å². The minimum absolute atomic E-state index is 0.190. The minimum Gasteiger partial charge on any atom is -0.488 e. The molecule has 2 aromatic heterocycles. The van der Waals surface area contributed by atoms with E-state index in [2.05, 4.69) is 20.3 Å². The Bertz CT molecular complexity index is 1470. The van der Waals surface area contributed by atoms with E-state index in [0.29, 0.717) is 42.0 Å². The summed E-state index contributed by atoms with van der Waals surface area (Å²) in [6, 6.07) is 16.8. The van der Waals surface area contributed by atoms with Gasteiger partial charge in [-0.3, -0.25) is 4.98 Å². The number of hydrogen-bond acceptors (Lipinski definition) is 8. The molecule has 1 atom stereocenters. The molecule has 0 radical (unpaired) electrons. The van der Waals surface area contributed by atoms with E-state index in [9.17, 15) is 4.79 Å². The molecule has 2 aromatic carbocycles. The first-order valence-corrected chi connectivity index (χ1v) is 13.6. The minimum atomic E-state index is -0.551. The number of benzene rings is 2. The lowest BCUT2D eigenvalue weighted by molar-refractivity contribution is 0.00794. The van der Waals surface area contributed by atoms with Gasteiger partial charge < -0.3 is 24.4 Å². The average Bonchev–Trinajstić information content (AvgIpc) is 2.93. The van der Waals surface area contributed by atoms with E-state index in [-0.39, 0.29) is 12.2 Å². The van der Waals surface area contributed by atoms with Gasteiger partial charge in [0, 0.05) is 18.4 Å². The number of nitrogens with one attached hydrogen (secondary N) is 1. The van der Waals surface area contributed by atoms with Crippen molar-refractivity contribution < 1.29 is 19.0 Å². The van der Waals surface area contributed by atoms with Gasteiger partial charge in [-0.2, -0.15) is 0 Å². The molecule has 0 unspecified atom stereocenters. The number of carbonyl (C=O) groups excluding carboxylic acids is 1. The zero-order chi connectivity index (χ0) is 28.1. The van der Waals surface area contributed by atoms with E-state index in [0.717, 1.165) is 35.1 Å². The lowest BCUT2D eigenvalue weighted by Crippen LogP contribution is -2.46. The number of rotatable bonds is 7. The second-order valence-corrected chi connectivity index (χ2v) is 11.0. The summed E-state index contributed by atoms with van der Waals surface area (Å²) in [4.78, 5) is 27.6. The van der Waals surface area contributed by atoms with E-state index in [1.165, 1.54) is 6.33 Å². The normalized spacial score (nSPS) is 15.5. The molecular weight excluding hydrogens is 530 g/mol. The Morgan fingerprint density at radius 1 is 1.07 bits per heavy atom. The fraction of sp³-hybridized carbons (Fsp3) is 0.333. The Morgan fingerprint density at radius 3 is 2.73 bits per heavy atom. The number of carbonyl (C=O) groups is 1. The van der Waals surface area contributed by atoms with Gasteiger partial charge in [-0.1, -0.05) is 23.7 Å². The third kappa shape index (κ3) is 6.90. The quantitative estimate of drug-likeness (QED) is 0.264.